The number of hydrogen-bond donors (Lipinski definition) is 1. The molecule has 0 saturated carbocycles. The fraction of sp³-hybridized carbons (Fsp3) is 0.351. The van der Waals surface area contributed by atoms with Crippen molar-refractivity contribution in [1.29, 1.82) is 0 Å². The average Bonchev–Trinajstić information content (AvgIpc) is 3.82. The molecule has 1 spiro atoms. The summed E-state index contributed by atoms with van der Waals surface area (Å²) in [5.74, 6) is 1.53. The molecule has 0 radical (unpaired) electrons. The van der Waals surface area contributed by atoms with Gasteiger partial charge in [-0.15, -0.1) is 0 Å². The van der Waals surface area contributed by atoms with Crippen molar-refractivity contribution in [2.24, 2.45) is 12.5 Å². The zero-order chi connectivity index (χ0) is 33.7. The number of H-pyrrole nitrogens is 1. The molecule has 12 heteroatoms. The summed E-state index contributed by atoms with van der Waals surface area (Å²) in [6.45, 7) is 7.42. The van der Waals surface area contributed by atoms with Crippen LogP contribution in [0.1, 0.15) is 32.3 Å². The van der Waals surface area contributed by atoms with E-state index < -0.39 is 5.41 Å². The Morgan fingerprint density at radius 1 is 1.00 bits per heavy atom. The Bertz CT molecular complexity index is 2060. The molecule has 6 heterocycles. The second-order valence-corrected chi connectivity index (χ2v) is 13.6. The first-order valence-electron chi connectivity index (χ1n) is 16.8. The van der Waals surface area contributed by atoms with Gasteiger partial charge in [0.25, 0.3) is 0 Å². The minimum atomic E-state index is -0.434. The summed E-state index contributed by atoms with van der Waals surface area (Å²) in [7, 11) is 1.86. The lowest BCUT2D eigenvalue weighted by Crippen LogP contribution is -2.61. The molecular formula is C37H39N9O3. The fourth-order valence-corrected chi connectivity index (χ4v) is 7.26. The molecule has 12 nitrogen and oxygen atoms in total. The summed E-state index contributed by atoms with van der Waals surface area (Å²) in [5, 5.41) is 13.0. The van der Waals surface area contributed by atoms with Crippen LogP contribution in [0.25, 0.3) is 39.1 Å². The molecule has 2 fully saturated rings. The molecule has 0 unspecified atom stereocenters. The van der Waals surface area contributed by atoms with Gasteiger partial charge in [0.15, 0.2) is 5.82 Å². The topological polar surface area (TPSA) is 125 Å². The van der Waals surface area contributed by atoms with E-state index in [0.717, 1.165) is 51.8 Å². The molecule has 0 bridgehead atoms. The maximum Gasteiger partial charge on any atom is 0.237 e. The number of fused-ring (bicyclic) bond motifs is 1. The fourth-order valence-electron chi connectivity index (χ4n) is 7.26. The molecule has 2 aromatic carbocycles. The summed E-state index contributed by atoms with van der Waals surface area (Å²) < 4.78 is 7.38. The van der Waals surface area contributed by atoms with Gasteiger partial charge in [0.1, 0.15) is 12.0 Å². The third-order valence-electron chi connectivity index (χ3n) is 9.82. The van der Waals surface area contributed by atoms with Crippen LogP contribution in [0.3, 0.4) is 0 Å². The molecule has 2 amide bonds. The van der Waals surface area contributed by atoms with Crippen LogP contribution in [-0.2, 0) is 16.6 Å². The third kappa shape index (κ3) is 5.86. The lowest BCUT2D eigenvalue weighted by molar-refractivity contribution is -0.142. The van der Waals surface area contributed by atoms with Crippen LogP contribution < -0.4 is 9.64 Å². The second-order valence-electron chi connectivity index (χ2n) is 13.6. The molecule has 49 heavy (non-hydrogen) atoms. The highest BCUT2D eigenvalue weighted by Crippen LogP contribution is 2.43. The number of nitrogens with one attached hydrogen (secondary N) is 1. The Morgan fingerprint density at radius 3 is 2.49 bits per heavy atom. The zero-order valence-corrected chi connectivity index (χ0v) is 28.0. The van der Waals surface area contributed by atoms with Gasteiger partial charge in [-0.25, -0.2) is 9.97 Å². The Balaban J connectivity index is 0.870. The molecule has 3 aliphatic rings. The number of carbonyl (C=O) groups is 2. The number of carbonyl (C=O) groups excluding carboxylic acids is 2. The van der Waals surface area contributed by atoms with Gasteiger partial charge in [-0.2, -0.15) is 10.2 Å². The number of amides is 2. The van der Waals surface area contributed by atoms with Gasteiger partial charge in [-0.1, -0.05) is 30.3 Å². The van der Waals surface area contributed by atoms with Crippen molar-refractivity contribution < 1.29 is 14.3 Å². The highest BCUT2D eigenvalue weighted by atomic mass is 16.5. The van der Waals surface area contributed by atoms with E-state index in [-0.39, 0.29) is 17.9 Å². The molecule has 3 aliphatic heterocycles. The number of benzene rings is 2. The number of hydrogen-bond acceptors (Lipinski definition) is 8. The van der Waals surface area contributed by atoms with Crippen LogP contribution in [-0.4, -0.2) is 96.9 Å². The number of likely N-dealkylation sites (tertiary alicyclic amines) is 1. The first kappa shape index (κ1) is 30.9. The van der Waals surface area contributed by atoms with Crippen molar-refractivity contribution in [2.75, 3.05) is 44.2 Å². The molecular weight excluding hydrogens is 618 g/mol. The van der Waals surface area contributed by atoms with E-state index >= 15 is 0 Å². The van der Waals surface area contributed by atoms with E-state index in [0.29, 0.717) is 51.0 Å². The third-order valence-corrected chi connectivity index (χ3v) is 9.82. The van der Waals surface area contributed by atoms with E-state index in [9.17, 15) is 9.59 Å². The van der Waals surface area contributed by atoms with E-state index in [1.807, 2.05) is 73.2 Å². The predicted molar refractivity (Wildman–Crippen MR) is 187 cm³/mol. The quantitative estimate of drug-likeness (QED) is 0.258. The lowest BCUT2D eigenvalue weighted by Gasteiger charge is -2.46. The summed E-state index contributed by atoms with van der Waals surface area (Å²) in [4.78, 5) is 41.8. The number of aromatic amines is 1. The Labute approximate surface area is 284 Å². The van der Waals surface area contributed by atoms with Crippen molar-refractivity contribution in [3.63, 3.8) is 0 Å². The summed E-state index contributed by atoms with van der Waals surface area (Å²) in [5.41, 5.74) is 6.36. The maximum absolute atomic E-state index is 13.8. The molecule has 2 saturated heterocycles. The van der Waals surface area contributed by atoms with Gasteiger partial charge in [0.2, 0.25) is 17.7 Å². The van der Waals surface area contributed by atoms with Crippen molar-refractivity contribution in [2.45, 2.75) is 32.8 Å². The van der Waals surface area contributed by atoms with E-state index in [1.54, 1.807) is 17.2 Å². The van der Waals surface area contributed by atoms with Crippen LogP contribution in [0.4, 0.5) is 5.69 Å². The number of anilines is 1. The number of rotatable bonds is 8. The SMILES string of the molecule is CC(C)Oc1ccc(-c2n[nH]c3ccc(N4CCC5(CN(CC(=O)N6CC=C(c7ccc(-c8ncn(C)n8)cc7)CC6)C5)C4=O)cc23)cn1. The van der Waals surface area contributed by atoms with Crippen LogP contribution in [0.2, 0.25) is 0 Å². The van der Waals surface area contributed by atoms with Gasteiger partial charge in [0.05, 0.1) is 23.6 Å². The van der Waals surface area contributed by atoms with Gasteiger partial charge < -0.3 is 14.5 Å². The number of pyridine rings is 1. The first-order chi connectivity index (χ1) is 23.7. The van der Waals surface area contributed by atoms with Gasteiger partial charge in [-0.05, 0) is 62.1 Å². The minimum absolute atomic E-state index is 0.0462. The number of nitrogens with zero attached hydrogens (tertiary/aromatic N) is 8. The average molecular weight is 658 g/mol. The highest BCUT2D eigenvalue weighted by molar-refractivity contribution is 6.03. The van der Waals surface area contributed by atoms with Crippen LogP contribution in [0.5, 0.6) is 5.88 Å². The Morgan fingerprint density at radius 2 is 1.80 bits per heavy atom. The molecule has 5 aromatic rings. The van der Waals surface area contributed by atoms with Crippen molar-refractivity contribution in [1.82, 2.24) is 39.7 Å². The Hall–Kier alpha value is -5.36. The molecule has 0 aliphatic carbocycles. The maximum atomic E-state index is 13.8. The molecule has 3 aromatic heterocycles. The standard InChI is InChI=1S/C37H39N9O3/c1-24(2)49-32-11-8-28(19-38-32)34-30-18-29(9-10-31(30)40-41-34)46-17-14-37(36(46)48)21-44(22-37)20-33(47)45-15-12-26(13-16-45)25-4-6-27(7-5-25)35-39-23-43(3)42-35/h4-12,18-19,23-24H,13-17,20-22H2,1-3H3,(H,40,41). The normalized spacial score (nSPS) is 17.6. The second kappa shape index (κ2) is 12.3. The largest absolute Gasteiger partial charge is 0.475 e. The van der Waals surface area contributed by atoms with E-state index in [4.69, 9.17) is 4.74 Å². The van der Waals surface area contributed by atoms with Crippen molar-refractivity contribution >= 4 is 34.0 Å². The van der Waals surface area contributed by atoms with Gasteiger partial charge in [-0.3, -0.25) is 24.3 Å². The zero-order valence-electron chi connectivity index (χ0n) is 28.0. The van der Waals surface area contributed by atoms with Crippen LogP contribution >= 0.6 is 0 Å². The number of aromatic nitrogens is 6. The summed E-state index contributed by atoms with van der Waals surface area (Å²) in [6.07, 6.45) is 7.24. The van der Waals surface area contributed by atoms with Crippen molar-refractivity contribution in [3.8, 4) is 28.5 Å². The number of ether oxygens (including phenoxy) is 1. The van der Waals surface area contributed by atoms with Crippen molar-refractivity contribution in [3.05, 3.63) is 78.8 Å². The number of aryl methyl sites for hydroxylation is 1. The first-order valence-corrected chi connectivity index (χ1v) is 16.8. The molecule has 8 rings (SSSR count). The highest BCUT2D eigenvalue weighted by Gasteiger charge is 2.55. The molecule has 0 atom stereocenters. The Kier molecular flexibility index (Phi) is 7.74. The molecule has 250 valence electrons. The van der Waals surface area contributed by atoms with Crippen LogP contribution in [0.15, 0.2) is 73.2 Å². The minimum Gasteiger partial charge on any atom is -0.475 e. The van der Waals surface area contributed by atoms with Crippen LogP contribution in [0, 0.1) is 5.41 Å². The molecule has 1 N–H and O–H groups in total. The summed E-state index contributed by atoms with van der Waals surface area (Å²) >= 11 is 0. The van der Waals surface area contributed by atoms with E-state index in [2.05, 4.69) is 48.4 Å². The van der Waals surface area contributed by atoms with E-state index in [1.165, 1.54) is 5.57 Å². The van der Waals surface area contributed by atoms with Gasteiger partial charge in [0, 0.05) is 74.2 Å². The summed E-state index contributed by atoms with van der Waals surface area (Å²) in [6, 6.07) is 18.1. The predicted octanol–water partition coefficient (Wildman–Crippen LogP) is 4.56. The van der Waals surface area contributed by atoms with Gasteiger partial charge >= 0.3 is 0 Å². The monoisotopic (exact) mass is 657 g/mol. The smallest absolute Gasteiger partial charge is 0.237 e. The lowest BCUT2D eigenvalue weighted by atomic mass is 9.78.